The summed E-state index contributed by atoms with van der Waals surface area (Å²) in [5.41, 5.74) is 1.79. The van der Waals surface area contributed by atoms with E-state index in [0.29, 0.717) is 29.3 Å². The van der Waals surface area contributed by atoms with E-state index >= 15 is 0 Å². The lowest BCUT2D eigenvalue weighted by Crippen LogP contribution is -2.32. The minimum absolute atomic E-state index is 0.0332. The van der Waals surface area contributed by atoms with Gasteiger partial charge in [0.05, 0.1) is 12.7 Å². The molecule has 162 valence electrons. The molecule has 2 aromatic carbocycles. The predicted molar refractivity (Wildman–Crippen MR) is 120 cm³/mol. The highest BCUT2D eigenvalue weighted by Gasteiger charge is 2.26. The fourth-order valence-electron chi connectivity index (χ4n) is 3.04. The molecule has 2 rings (SSSR count). The van der Waals surface area contributed by atoms with Crippen molar-refractivity contribution in [2.45, 2.75) is 47.1 Å². The van der Waals surface area contributed by atoms with E-state index in [9.17, 15) is 9.59 Å². The first-order valence-electron chi connectivity index (χ1n) is 10.4. The van der Waals surface area contributed by atoms with Gasteiger partial charge in [-0.25, -0.2) is 4.79 Å². The Morgan fingerprint density at radius 1 is 0.900 bits per heavy atom. The van der Waals surface area contributed by atoms with Crippen molar-refractivity contribution >= 4 is 17.6 Å². The molecule has 0 spiro atoms. The maximum absolute atomic E-state index is 12.4. The highest BCUT2D eigenvalue weighted by Crippen LogP contribution is 2.27. The predicted octanol–water partition coefficient (Wildman–Crippen LogP) is 5.94. The number of carbonyl (C=O) groups is 2. The Morgan fingerprint density at radius 2 is 1.50 bits per heavy atom. The molecule has 0 aliphatic carbocycles. The summed E-state index contributed by atoms with van der Waals surface area (Å²) in [6.07, 6.45) is 0.528. The van der Waals surface area contributed by atoms with Gasteiger partial charge in [0, 0.05) is 16.8 Å². The summed E-state index contributed by atoms with van der Waals surface area (Å²) in [6.45, 7) is 11.3. The standard InChI is InChI=1S/C25H33NO4/c1-18(2)17-22(25(3,4)5)29-15-16-30-24(28)26-21-13-11-20(12-14-21)23(27)19-9-7-6-8-10-19/h6-14,18,22H,15-17H2,1-5H3,(H,26,28). The van der Waals surface area contributed by atoms with Crippen molar-refractivity contribution < 1.29 is 19.1 Å². The lowest BCUT2D eigenvalue weighted by atomic mass is 9.84. The van der Waals surface area contributed by atoms with Gasteiger partial charge in [-0.15, -0.1) is 0 Å². The maximum Gasteiger partial charge on any atom is 0.411 e. The molecule has 0 aliphatic rings. The molecule has 30 heavy (non-hydrogen) atoms. The highest BCUT2D eigenvalue weighted by molar-refractivity contribution is 6.09. The van der Waals surface area contributed by atoms with Crippen LogP contribution in [0.5, 0.6) is 0 Å². The van der Waals surface area contributed by atoms with Gasteiger partial charge in [-0.05, 0) is 42.0 Å². The zero-order valence-electron chi connectivity index (χ0n) is 18.6. The van der Waals surface area contributed by atoms with Gasteiger partial charge in [-0.2, -0.15) is 0 Å². The molecular weight excluding hydrogens is 378 g/mol. The topological polar surface area (TPSA) is 64.6 Å². The van der Waals surface area contributed by atoms with Gasteiger partial charge >= 0.3 is 6.09 Å². The van der Waals surface area contributed by atoms with Crippen LogP contribution < -0.4 is 5.32 Å². The van der Waals surface area contributed by atoms with Crippen LogP contribution in [0.3, 0.4) is 0 Å². The third-order valence-electron chi connectivity index (χ3n) is 4.72. The van der Waals surface area contributed by atoms with Crippen molar-refractivity contribution in [1.29, 1.82) is 0 Å². The summed E-state index contributed by atoms with van der Waals surface area (Å²) in [6, 6.07) is 15.8. The number of amides is 1. The normalized spacial score (nSPS) is 12.5. The summed E-state index contributed by atoms with van der Waals surface area (Å²) in [5.74, 6) is 0.479. The van der Waals surface area contributed by atoms with Gasteiger partial charge in [0.25, 0.3) is 0 Å². The van der Waals surface area contributed by atoms with Crippen molar-refractivity contribution in [2.24, 2.45) is 11.3 Å². The third kappa shape index (κ3) is 7.64. The smallest absolute Gasteiger partial charge is 0.411 e. The molecule has 0 aliphatic heterocycles. The minimum atomic E-state index is -0.545. The Morgan fingerprint density at radius 3 is 2.07 bits per heavy atom. The number of hydrogen-bond donors (Lipinski definition) is 1. The number of ether oxygens (including phenoxy) is 2. The largest absolute Gasteiger partial charge is 0.447 e. The molecule has 5 heteroatoms. The van der Waals surface area contributed by atoms with E-state index in [1.807, 2.05) is 18.2 Å². The molecular formula is C25H33NO4. The Bertz CT molecular complexity index is 807. The molecule has 0 heterocycles. The Balaban J connectivity index is 1.79. The molecule has 0 saturated heterocycles. The van der Waals surface area contributed by atoms with Gasteiger partial charge in [-0.3, -0.25) is 10.1 Å². The van der Waals surface area contributed by atoms with Crippen LogP contribution in [0, 0.1) is 11.3 Å². The molecule has 0 saturated carbocycles. The summed E-state index contributed by atoms with van der Waals surface area (Å²) >= 11 is 0. The number of ketones is 1. The molecule has 0 radical (unpaired) electrons. The van der Waals surface area contributed by atoms with Crippen LogP contribution in [0.1, 0.15) is 57.0 Å². The first-order chi connectivity index (χ1) is 14.2. The number of nitrogens with one attached hydrogen (secondary N) is 1. The molecule has 0 bridgehead atoms. The number of carbonyl (C=O) groups excluding carboxylic acids is 2. The number of rotatable bonds is 9. The number of hydrogen-bond acceptors (Lipinski definition) is 4. The van der Waals surface area contributed by atoms with E-state index in [2.05, 4.69) is 39.9 Å². The second-order valence-corrected chi connectivity index (χ2v) is 8.89. The van der Waals surface area contributed by atoms with Crippen LogP contribution in [-0.2, 0) is 9.47 Å². The van der Waals surface area contributed by atoms with Crippen molar-refractivity contribution in [3.8, 4) is 0 Å². The van der Waals surface area contributed by atoms with Crippen molar-refractivity contribution in [1.82, 2.24) is 0 Å². The zero-order valence-corrected chi connectivity index (χ0v) is 18.6. The van der Waals surface area contributed by atoms with Gasteiger partial charge in [0.15, 0.2) is 5.78 Å². The molecule has 1 N–H and O–H groups in total. The first-order valence-corrected chi connectivity index (χ1v) is 10.4. The summed E-state index contributed by atoms with van der Waals surface area (Å²) < 4.78 is 11.2. The van der Waals surface area contributed by atoms with Crippen LogP contribution >= 0.6 is 0 Å². The molecule has 0 fully saturated rings. The molecule has 1 unspecified atom stereocenters. The van der Waals surface area contributed by atoms with E-state index in [1.165, 1.54) is 0 Å². The van der Waals surface area contributed by atoms with Crippen LogP contribution in [0.15, 0.2) is 54.6 Å². The van der Waals surface area contributed by atoms with Crippen LogP contribution in [-0.4, -0.2) is 31.2 Å². The summed E-state index contributed by atoms with van der Waals surface area (Å²) in [4.78, 5) is 24.4. The molecule has 0 aromatic heterocycles. The Labute approximate surface area is 179 Å². The lowest BCUT2D eigenvalue weighted by Gasteiger charge is -2.32. The zero-order chi connectivity index (χ0) is 22.1. The van der Waals surface area contributed by atoms with Crippen molar-refractivity contribution in [2.75, 3.05) is 18.5 Å². The van der Waals surface area contributed by atoms with Gasteiger partial charge in [0.1, 0.15) is 6.61 Å². The van der Waals surface area contributed by atoms with Gasteiger partial charge in [0.2, 0.25) is 0 Å². The highest BCUT2D eigenvalue weighted by atomic mass is 16.6. The van der Waals surface area contributed by atoms with E-state index in [1.54, 1.807) is 36.4 Å². The fraction of sp³-hybridized carbons (Fsp3) is 0.440. The van der Waals surface area contributed by atoms with E-state index in [-0.39, 0.29) is 23.9 Å². The van der Waals surface area contributed by atoms with Gasteiger partial charge in [-0.1, -0.05) is 65.0 Å². The van der Waals surface area contributed by atoms with Crippen LogP contribution in [0.4, 0.5) is 10.5 Å². The number of anilines is 1. The van der Waals surface area contributed by atoms with E-state index in [4.69, 9.17) is 9.47 Å². The van der Waals surface area contributed by atoms with Crippen molar-refractivity contribution in [3.05, 3.63) is 65.7 Å². The Hall–Kier alpha value is -2.66. The number of benzene rings is 2. The van der Waals surface area contributed by atoms with E-state index < -0.39 is 6.09 Å². The van der Waals surface area contributed by atoms with Gasteiger partial charge < -0.3 is 9.47 Å². The Kier molecular flexibility index (Phi) is 8.60. The molecule has 1 amide bonds. The molecule has 2 aromatic rings. The van der Waals surface area contributed by atoms with Crippen molar-refractivity contribution in [3.63, 3.8) is 0 Å². The average Bonchev–Trinajstić information content (AvgIpc) is 2.70. The monoisotopic (exact) mass is 411 g/mol. The molecule has 5 nitrogen and oxygen atoms in total. The molecule has 1 atom stereocenters. The fourth-order valence-corrected chi connectivity index (χ4v) is 3.04. The minimum Gasteiger partial charge on any atom is -0.447 e. The lowest BCUT2D eigenvalue weighted by molar-refractivity contribution is -0.0428. The summed E-state index contributed by atoms with van der Waals surface area (Å²) in [5, 5.41) is 2.67. The van der Waals surface area contributed by atoms with Crippen LogP contribution in [0.25, 0.3) is 0 Å². The quantitative estimate of drug-likeness (QED) is 0.409. The third-order valence-corrected chi connectivity index (χ3v) is 4.72. The second kappa shape index (κ2) is 10.9. The second-order valence-electron chi connectivity index (χ2n) is 8.89. The summed E-state index contributed by atoms with van der Waals surface area (Å²) in [7, 11) is 0. The SMILES string of the molecule is CC(C)CC(OCCOC(=O)Nc1ccc(C(=O)c2ccccc2)cc1)C(C)(C)C. The maximum atomic E-state index is 12.4. The van der Waals surface area contributed by atoms with Crippen LogP contribution in [0.2, 0.25) is 0 Å². The first kappa shape index (κ1) is 23.6. The average molecular weight is 412 g/mol. The van der Waals surface area contributed by atoms with E-state index in [0.717, 1.165) is 6.42 Å².